The van der Waals surface area contributed by atoms with E-state index >= 15 is 0 Å². The molecule has 4 rings (SSSR count). The van der Waals surface area contributed by atoms with Crippen molar-refractivity contribution in [2.75, 3.05) is 20.7 Å². The van der Waals surface area contributed by atoms with Crippen LogP contribution in [0.5, 0.6) is 11.5 Å². The van der Waals surface area contributed by atoms with Crippen LogP contribution in [0.25, 0.3) is 0 Å². The summed E-state index contributed by atoms with van der Waals surface area (Å²) in [4.78, 5) is 28.9. The second-order valence-corrected chi connectivity index (χ2v) is 7.40. The minimum atomic E-state index is -0.450. The minimum Gasteiger partial charge on any atom is -0.493 e. The molecule has 3 aromatic rings. The van der Waals surface area contributed by atoms with E-state index in [2.05, 4.69) is 5.10 Å². The van der Waals surface area contributed by atoms with Crippen molar-refractivity contribution in [2.45, 2.75) is 12.8 Å². The number of methoxy groups -OCH3 is 1. The highest BCUT2D eigenvalue weighted by Crippen LogP contribution is 2.33. The summed E-state index contributed by atoms with van der Waals surface area (Å²) in [6, 6.07) is 14.6. The van der Waals surface area contributed by atoms with E-state index in [1.54, 1.807) is 45.9 Å². The highest BCUT2D eigenvalue weighted by molar-refractivity contribution is 5.99. The Kier molecular flexibility index (Phi) is 5.62. The second kappa shape index (κ2) is 8.51. The third-order valence-electron chi connectivity index (χ3n) is 5.28. The fourth-order valence-electron chi connectivity index (χ4n) is 3.69. The van der Waals surface area contributed by atoms with E-state index in [4.69, 9.17) is 9.47 Å². The summed E-state index contributed by atoms with van der Waals surface area (Å²) in [5, 5.41) is 4.12. The first-order valence-corrected chi connectivity index (χ1v) is 9.88. The van der Waals surface area contributed by atoms with Crippen LogP contribution < -0.4 is 9.47 Å². The number of likely N-dealkylation sites (N-methyl/N-ethyl adjacent to an activating group) is 1. The molecule has 0 N–H and O–H groups in total. The van der Waals surface area contributed by atoms with Gasteiger partial charge < -0.3 is 19.3 Å². The monoisotopic (exact) mass is 420 g/mol. The Morgan fingerprint density at radius 3 is 2.58 bits per heavy atom. The average molecular weight is 420 g/mol. The lowest BCUT2D eigenvalue weighted by molar-refractivity contribution is -0.126. The van der Waals surface area contributed by atoms with Gasteiger partial charge in [0.2, 0.25) is 5.91 Å². The van der Waals surface area contributed by atoms with Gasteiger partial charge in [0.05, 0.1) is 13.3 Å². The van der Waals surface area contributed by atoms with Crippen LogP contribution in [0.1, 0.15) is 27.7 Å². The molecule has 0 spiro atoms. The van der Waals surface area contributed by atoms with Crippen LogP contribution in [-0.2, 0) is 18.4 Å². The molecule has 2 heterocycles. The normalized spacial score (nSPS) is 16.0. The molecule has 0 bridgehead atoms. The molecule has 0 radical (unpaired) electrons. The van der Waals surface area contributed by atoms with Crippen molar-refractivity contribution in [1.82, 2.24) is 19.6 Å². The number of benzene rings is 2. The van der Waals surface area contributed by atoms with E-state index in [-0.39, 0.29) is 18.4 Å². The number of carbonyl (C=O) groups is 2. The number of hydrogen-bond acceptors (Lipinski definition) is 5. The van der Waals surface area contributed by atoms with Crippen LogP contribution in [0.4, 0.5) is 0 Å². The third-order valence-corrected chi connectivity index (χ3v) is 5.28. The molecule has 1 aliphatic rings. The molecule has 1 aliphatic heterocycles. The smallest absolute Gasteiger partial charge is 0.256 e. The lowest BCUT2D eigenvalue weighted by Crippen LogP contribution is -2.34. The molecule has 2 amide bonds. The number of aromatic nitrogens is 2. The van der Waals surface area contributed by atoms with Crippen LogP contribution in [0.3, 0.4) is 0 Å². The summed E-state index contributed by atoms with van der Waals surface area (Å²) < 4.78 is 13.0. The number of amides is 2. The fourth-order valence-corrected chi connectivity index (χ4v) is 3.69. The highest BCUT2D eigenvalue weighted by Gasteiger charge is 2.39. The lowest BCUT2D eigenvalue weighted by Gasteiger charge is -2.28. The quantitative estimate of drug-likeness (QED) is 0.613. The number of nitrogens with zero attached hydrogens (tertiary/aromatic N) is 4. The van der Waals surface area contributed by atoms with Crippen LogP contribution in [0.2, 0.25) is 0 Å². The highest BCUT2D eigenvalue weighted by atomic mass is 16.5. The van der Waals surface area contributed by atoms with Gasteiger partial charge in [0.25, 0.3) is 5.91 Å². The van der Waals surface area contributed by atoms with Gasteiger partial charge in [-0.15, -0.1) is 0 Å². The molecule has 8 heteroatoms. The standard InChI is InChI=1S/C23H24N4O4/c1-25-13-16(12-24-25)15-31-19-10-9-18(11-20(19)30-3)23(29)27-14-21(28)26(2)22(27)17-7-5-4-6-8-17/h4-13,22H,14-15H2,1-3H3. The second-order valence-electron chi connectivity index (χ2n) is 7.40. The number of rotatable bonds is 6. The van der Waals surface area contributed by atoms with E-state index in [1.807, 2.05) is 43.6 Å². The Morgan fingerprint density at radius 2 is 1.90 bits per heavy atom. The molecule has 1 atom stereocenters. The zero-order valence-corrected chi connectivity index (χ0v) is 17.7. The lowest BCUT2D eigenvalue weighted by atomic mass is 10.1. The molecule has 160 valence electrons. The van der Waals surface area contributed by atoms with Gasteiger partial charge in [0.1, 0.15) is 19.3 Å². The van der Waals surface area contributed by atoms with Gasteiger partial charge in [-0.05, 0) is 23.8 Å². The molecular formula is C23H24N4O4. The van der Waals surface area contributed by atoms with Crippen molar-refractivity contribution in [1.29, 1.82) is 0 Å². The Morgan fingerprint density at radius 1 is 1.13 bits per heavy atom. The van der Waals surface area contributed by atoms with Gasteiger partial charge in [0, 0.05) is 31.4 Å². The van der Waals surface area contributed by atoms with Crippen LogP contribution in [-0.4, -0.2) is 52.1 Å². The van der Waals surface area contributed by atoms with E-state index in [9.17, 15) is 9.59 Å². The number of carbonyl (C=O) groups excluding carboxylic acids is 2. The summed E-state index contributed by atoms with van der Waals surface area (Å²) in [5.74, 6) is 0.622. The molecule has 1 aromatic heterocycles. The van der Waals surface area contributed by atoms with Crippen molar-refractivity contribution in [3.8, 4) is 11.5 Å². The maximum absolute atomic E-state index is 13.3. The summed E-state index contributed by atoms with van der Waals surface area (Å²) >= 11 is 0. The SMILES string of the molecule is COc1cc(C(=O)N2CC(=O)N(C)C2c2ccccc2)ccc1OCc1cnn(C)c1. The first-order valence-electron chi connectivity index (χ1n) is 9.88. The fraction of sp³-hybridized carbons (Fsp3) is 0.261. The average Bonchev–Trinajstić information content (AvgIpc) is 3.34. The van der Waals surface area contributed by atoms with Gasteiger partial charge in [-0.3, -0.25) is 14.3 Å². The summed E-state index contributed by atoms with van der Waals surface area (Å²) in [7, 11) is 5.08. The van der Waals surface area contributed by atoms with Crippen molar-refractivity contribution >= 4 is 11.8 Å². The summed E-state index contributed by atoms with van der Waals surface area (Å²) in [6.45, 7) is 0.357. The summed E-state index contributed by atoms with van der Waals surface area (Å²) in [6.07, 6.45) is 3.15. The maximum atomic E-state index is 13.3. The Hall–Kier alpha value is -3.81. The number of ether oxygens (including phenoxy) is 2. The third kappa shape index (κ3) is 4.09. The predicted octanol–water partition coefficient (Wildman–Crippen LogP) is 2.62. The van der Waals surface area contributed by atoms with Crippen LogP contribution in [0, 0.1) is 0 Å². The minimum absolute atomic E-state index is 0.0243. The largest absolute Gasteiger partial charge is 0.493 e. The van der Waals surface area contributed by atoms with E-state index < -0.39 is 6.17 Å². The van der Waals surface area contributed by atoms with Crippen LogP contribution >= 0.6 is 0 Å². The van der Waals surface area contributed by atoms with E-state index in [0.29, 0.717) is 23.7 Å². The molecule has 0 aliphatic carbocycles. The molecule has 1 fully saturated rings. The van der Waals surface area contributed by atoms with E-state index in [1.165, 1.54) is 7.11 Å². The van der Waals surface area contributed by atoms with Gasteiger partial charge in [0.15, 0.2) is 11.5 Å². The van der Waals surface area contributed by atoms with Gasteiger partial charge in [-0.2, -0.15) is 5.10 Å². The molecule has 2 aromatic carbocycles. The zero-order chi connectivity index (χ0) is 22.0. The van der Waals surface area contributed by atoms with Gasteiger partial charge >= 0.3 is 0 Å². The molecule has 31 heavy (non-hydrogen) atoms. The predicted molar refractivity (Wildman–Crippen MR) is 114 cm³/mol. The molecule has 1 unspecified atom stereocenters. The Balaban J connectivity index is 1.56. The van der Waals surface area contributed by atoms with Crippen molar-refractivity contribution in [3.05, 3.63) is 77.6 Å². The van der Waals surface area contributed by atoms with Crippen molar-refractivity contribution in [3.63, 3.8) is 0 Å². The zero-order valence-electron chi connectivity index (χ0n) is 17.7. The number of hydrogen-bond donors (Lipinski definition) is 0. The van der Waals surface area contributed by atoms with Crippen molar-refractivity contribution < 1.29 is 19.1 Å². The topological polar surface area (TPSA) is 76.9 Å². The Bertz CT molecular complexity index is 1100. The van der Waals surface area contributed by atoms with Crippen LogP contribution in [0.15, 0.2) is 60.9 Å². The molecular weight excluding hydrogens is 396 g/mol. The Labute approximate surface area is 180 Å². The maximum Gasteiger partial charge on any atom is 0.256 e. The molecule has 8 nitrogen and oxygen atoms in total. The van der Waals surface area contributed by atoms with E-state index in [0.717, 1.165) is 11.1 Å². The van der Waals surface area contributed by atoms with Gasteiger partial charge in [-0.25, -0.2) is 0 Å². The molecule has 1 saturated heterocycles. The number of aryl methyl sites for hydroxylation is 1. The first-order chi connectivity index (χ1) is 15.0. The summed E-state index contributed by atoms with van der Waals surface area (Å²) in [5.41, 5.74) is 2.23. The van der Waals surface area contributed by atoms with Crippen molar-refractivity contribution in [2.24, 2.45) is 7.05 Å². The molecule has 0 saturated carbocycles. The first kappa shape index (κ1) is 20.5. The van der Waals surface area contributed by atoms with Gasteiger partial charge in [-0.1, -0.05) is 30.3 Å².